The number of hydrogen-bond acceptors (Lipinski definition) is 6. The van der Waals surface area contributed by atoms with E-state index in [0.717, 1.165) is 27.5 Å². The van der Waals surface area contributed by atoms with Gasteiger partial charge < -0.3 is 14.4 Å². The quantitative estimate of drug-likeness (QED) is 0.165. The number of phenolic OH excluding ortho intramolecular Hbond substituents is 1. The van der Waals surface area contributed by atoms with Crippen LogP contribution in [0.4, 0.5) is 0 Å². The maximum absolute atomic E-state index is 12.1. The maximum atomic E-state index is 12.1. The standard InChI is InChI=1S/C28H24N4O4/c1-17-12-20(27(34)26(13-17)32-29-23-9-5-6-10-24(23)30-32)16-31-15-19(21-8-4-7-11-25(21)31)14-22(18(2)33)28(35)36-3/h4-15,34H,16H2,1-3H3/b22-14-. The fraction of sp³-hybridized carbons (Fsp3) is 0.143. The number of para-hydroxylation sites is 1. The monoisotopic (exact) mass is 480 g/mol. The number of hydrogen-bond donors (Lipinski definition) is 1. The maximum Gasteiger partial charge on any atom is 0.341 e. The summed E-state index contributed by atoms with van der Waals surface area (Å²) in [7, 11) is 1.25. The van der Waals surface area contributed by atoms with Crippen LogP contribution in [0, 0.1) is 6.92 Å². The van der Waals surface area contributed by atoms with Gasteiger partial charge in [0.1, 0.15) is 28.0 Å². The lowest BCUT2D eigenvalue weighted by molar-refractivity contribution is -0.137. The summed E-state index contributed by atoms with van der Waals surface area (Å²) in [5, 5.41) is 21.1. The molecule has 0 amide bonds. The molecule has 0 atom stereocenters. The van der Waals surface area contributed by atoms with Gasteiger partial charge in [0, 0.05) is 28.2 Å². The molecule has 2 aromatic heterocycles. The van der Waals surface area contributed by atoms with E-state index < -0.39 is 5.97 Å². The largest absolute Gasteiger partial charge is 0.505 e. The summed E-state index contributed by atoms with van der Waals surface area (Å²) in [4.78, 5) is 25.7. The first kappa shape index (κ1) is 23.0. The molecular weight excluding hydrogens is 456 g/mol. The van der Waals surface area contributed by atoms with Gasteiger partial charge in [-0.1, -0.05) is 36.4 Å². The van der Waals surface area contributed by atoms with Gasteiger partial charge >= 0.3 is 5.97 Å². The minimum atomic E-state index is -0.681. The van der Waals surface area contributed by atoms with Crippen molar-refractivity contribution in [3.05, 3.63) is 89.1 Å². The predicted octanol–water partition coefficient (Wildman–Crippen LogP) is 4.58. The Hall–Kier alpha value is -4.72. The van der Waals surface area contributed by atoms with Crippen molar-refractivity contribution < 1.29 is 19.4 Å². The fourth-order valence-corrected chi connectivity index (χ4v) is 4.35. The van der Waals surface area contributed by atoms with Crippen molar-refractivity contribution in [3.8, 4) is 11.4 Å². The van der Waals surface area contributed by atoms with Crippen molar-refractivity contribution >= 4 is 39.8 Å². The minimum Gasteiger partial charge on any atom is -0.505 e. The van der Waals surface area contributed by atoms with E-state index in [1.165, 1.54) is 18.8 Å². The van der Waals surface area contributed by atoms with E-state index in [2.05, 4.69) is 10.2 Å². The highest BCUT2D eigenvalue weighted by Crippen LogP contribution is 2.31. The van der Waals surface area contributed by atoms with Crippen LogP contribution in [0.3, 0.4) is 0 Å². The first-order valence-corrected chi connectivity index (χ1v) is 11.4. The summed E-state index contributed by atoms with van der Waals surface area (Å²) < 4.78 is 6.76. The van der Waals surface area contributed by atoms with Crippen LogP contribution < -0.4 is 0 Å². The van der Waals surface area contributed by atoms with E-state index in [9.17, 15) is 14.7 Å². The van der Waals surface area contributed by atoms with Crippen molar-refractivity contribution in [1.29, 1.82) is 0 Å². The summed E-state index contributed by atoms with van der Waals surface area (Å²) >= 11 is 0. The molecule has 0 radical (unpaired) electrons. The molecule has 2 heterocycles. The SMILES string of the molecule is COC(=O)/C(=C\c1cn(Cc2cc(C)cc(-n3nc4ccccc4n3)c2O)c2ccccc12)C(C)=O. The topological polar surface area (TPSA) is 99.2 Å². The molecule has 8 nitrogen and oxygen atoms in total. The van der Waals surface area contributed by atoms with Crippen LogP contribution in [0.2, 0.25) is 0 Å². The second-order valence-electron chi connectivity index (χ2n) is 8.61. The van der Waals surface area contributed by atoms with Crippen LogP contribution in [0.15, 0.2) is 72.4 Å². The number of aromatic nitrogens is 4. The van der Waals surface area contributed by atoms with Crippen LogP contribution in [0.5, 0.6) is 5.75 Å². The zero-order chi connectivity index (χ0) is 25.4. The molecule has 0 bridgehead atoms. The number of esters is 1. The van der Waals surface area contributed by atoms with E-state index in [4.69, 9.17) is 4.74 Å². The van der Waals surface area contributed by atoms with Crippen molar-refractivity contribution in [3.63, 3.8) is 0 Å². The molecule has 0 aliphatic heterocycles. The van der Waals surface area contributed by atoms with Gasteiger partial charge in [-0.3, -0.25) is 4.79 Å². The number of aromatic hydroxyl groups is 1. The van der Waals surface area contributed by atoms with Crippen LogP contribution in [-0.2, 0) is 20.9 Å². The third-order valence-corrected chi connectivity index (χ3v) is 6.06. The van der Waals surface area contributed by atoms with Crippen molar-refractivity contribution in [1.82, 2.24) is 19.6 Å². The predicted molar refractivity (Wildman–Crippen MR) is 137 cm³/mol. The first-order valence-electron chi connectivity index (χ1n) is 11.4. The number of aryl methyl sites for hydroxylation is 1. The van der Waals surface area contributed by atoms with Gasteiger partial charge in [0.25, 0.3) is 0 Å². The average molecular weight is 481 g/mol. The molecule has 3 aromatic carbocycles. The second kappa shape index (κ2) is 9.14. The number of ketones is 1. The van der Waals surface area contributed by atoms with E-state index in [0.29, 0.717) is 23.4 Å². The zero-order valence-electron chi connectivity index (χ0n) is 20.1. The summed E-state index contributed by atoms with van der Waals surface area (Å²) in [6, 6.07) is 19.0. The van der Waals surface area contributed by atoms with Crippen LogP contribution in [0.1, 0.15) is 23.6 Å². The van der Waals surface area contributed by atoms with Crippen LogP contribution >= 0.6 is 0 Å². The highest BCUT2D eigenvalue weighted by Gasteiger charge is 2.18. The molecule has 180 valence electrons. The normalized spacial score (nSPS) is 11.8. The Kier molecular flexibility index (Phi) is 5.85. The third kappa shape index (κ3) is 4.13. The molecule has 0 spiro atoms. The number of phenols is 1. The fourth-order valence-electron chi connectivity index (χ4n) is 4.35. The third-order valence-electron chi connectivity index (χ3n) is 6.06. The number of fused-ring (bicyclic) bond motifs is 2. The van der Waals surface area contributed by atoms with Gasteiger partial charge in [-0.15, -0.1) is 15.0 Å². The van der Waals surface area contributed by atoms with E-state index >= 15 is 0 Å². The molecule has 5 aromatic rings. The molecule has 0 fully saturated rings. The lowest BCUT2D eigenvalue weighted by atomic mass is 10.1. The van der Waals surface area contributed by atoms with Gasteiger partial charge in [-0.25, -0.2) is 4.79 Å². The Labute approximate surface area is 207 Å². The molecule has 0 saturated carbocycles. The summed E-state index contributed by atoms with van der Waals surface area (Å²) in [5.74, 6) is -0.979. The van der Waals surface area contributed by atoms with Crippen molar-refractivity contribution in [2.45, 2.75) is 20.4 Å². The average Bonchev–Trinajstić information content (AvgIpc) is 3.45. The summed E-state index contributed by atoms with van der Waals surface area (Å²) in [5.41, 5.74) is 5.15. The van der Waals surface area contributed by atoms with Crippen LogP contribution in [0.25, 0.3) is 33.7 Å². The second-order valence-corrected chi connectivity index (χ2v) is 8.61. The smallest absolute Gasteiger partial charge is 0.341 e. The lowest BCUT2D eigenvalue weighted by Gasteiger charge is -2.12. The molecule has 0 saturated heterocycles. The molecule has 0 aliphatic carbocycles. The van der Waals surface area contributed by atoms with Crippen LogP contribution in [-0.4, -0.2) is 43.5 Å². The number of carbonyl (C=O) groups is 2. The molecule has 36 heavy (non-hydrogen) atoms. The zero-order valence-corrected chi connectivity index (χ0v) is 20.1. The minimum absolute atomic E-state index is 0.0297. The van der Waals surface area contributed by atoms with E-state index in [-0.39, 0.29) is 17.1 Å². The summed E-state index contributed by atoms with van der Waals surface area (Å²) in [6.07, 6.45) is 3.41. The molecule has 5 rings (SSSR count). The Bertz CT molecular complexity index is 1640. The van der Waals surface area contributed by atoms with Crippen molar-refractivity contribution in [2.24, 2.45) is 0 Å². The lowest BCUT2D eigenvalue weighted by Crippen LogP contribution is -2.11. The van der Waals surface area contributed by atoms with Gasteiger partial charge in [-0.2, -0.15) is 0 Å². The molecule has 0 aliphatic rings. The first-order chi connectivity index (χ1) is 17.4. The molecule has 0 unspecified atom stereocenters. The van der Waals surface area contributed by atoms with Gasteiger partial charge in [0.05, 0.1) is 13.7 Å². The number of rotatable bonds is 6. The number of nitrogens with zero attached hydrogens (tertiary/aromatic N) is 4. The Morgan fingerprint density at radius 1 is 1.03 bits per heavy atom. The molecule has 1 N–H and O–H groups in total. The molecular formula is C28H24N4O4. The van der Waals surface area contributed by atoms with Gasteiger partial charge in [-0.05, 0) is 49.8 Å². The Balaban J connectivity index is 1.60. The number of Topliss-reactive ketones (excluding diaryl/α,β-unsaturated/α-hetero) is 1. The number of ether oxygens (including phenoxy) is 1. The number of carbonyl (C=O) groups excluding carboxylic acids is 2. The van der Waals surface area contributed by atoms with Gasteiger partial charge in [0.2, 0.25) is 0 Å². The van der Waals surface area contributed by atoms with E-state index in [1.807, 2.05) is 78.4 Å². The highest BCUT2D eigenvalue weighted by molar-refractivity contribution is 6.20. The Morgan fingerprint density at radius 3 is 2.36 bits per heavy atom. The number of methoxy groups -OCH3 is 1. The van der Waals surface area contributed by atoms with E-state index in [1.54, 1.807) is 6.08 Å². The van der Waals surface area contributed by atoms with Crippen molar-refractivity contribution in [2.75, 3.05) is 7.11 Å². The molecule has 8 heteroatoms. The van der Waals surface area contributed by atoms with Gasteiger partial charge in [0.15, 0.2) is 5.78 Å². The summed E-state index contributed by atoms with van der Waals surface area (Å²) in [6.45, 7) is 3.64. The Morgan fingerprint density at radius 2 is 1.69 bits per heavy atom. The number of benzene rings is 3. The highest BCUT2D eigenvalue weighted by atomic mass is 16.5.